The maximum Gasteiger partial charge on any atom is 0.294 e. The molecule has 0 spiro atoms. The first-order chi connectivity index (χ1) is 14.5. The highest BCUT2D eigenvalue weighted by Gasteiger charge is 2.59. The Morgan fingerprint density at radius 1 is 1.10 bits per heavy atom. The molecule has 2 amide bonds. The summed E-state index contributed by atoms with van der Waals surface area (Å²) >= 11 is 0. The number of rotatable bonds is 6. The van der Waals surface area contributed by atoms with Crippen LogP contribution in [0.5, 0.6) is 0 Å². The molecule has 1 aromatic carbocycles. The van der Waals surface area contributed by atoms with Gasteiger partial charge in [0.15, 0.2) is 0 Å². The van der Waals surface area contributed by atoms with Crippen LogP contribution in [0.15, 0.2) is 42.0 Å². The van der Waals surface area contributed by atoms with Gasteiger partial charge >= 0.3 is 0 Å². The number of nitro groups is 1. The van der Waals surface area contributed by atoms with Crippen molar-refractivity contribution < 1.29 is 14.5 Å². The minimum Gasteiger partial charge on any atom is -0.379 e. The molecule has 0 aromatic heterocycles. The molecule has 1 saturated heterocycles. The average molecular weight is 407 g/mol. The standard InChI is InChI=1S/C23H25N3O4/c27-22-20-15-6-7-16(12-15)21(20)23(28)25(22)17-8-9-18(19(13-17)26(29)30)24-11-10-14-4-2-1-3-5-14/h4,6-9,13,15-16,20-21,24H,1-3,5,10-12H2/t15-,16-,20+,21+/m0/s1. The van der Waals surface area contributed by atoms with Crippen LogP contribution < -0.4 is 10.2 Å². The Morgan fingerprint density at radius 3 is 2.47 bits per heavy atom. The lowest BCUT2D eigenvalue weighted by atomic mass is 9.85. The zero-order valence-corrected chi connectivity index (χ0v) is 16.8. The molecule has 0 radical (unpaired) electrons. The minimum absolute atomic E-state index is 0.108. The third-order valence-corrected chi connectivity index (χ3v) is 7.05. The monoisotopic (exact) mass is 407 g/mol. The van der Waals surface area contributed by atoms with Gasteiger partial charge in [0, 0.05) is 12.6 Å². The van der Waals surface area contributed by atoms with Crippen LogP contribution in [0.2, 0.25) is 0 Å². The fourth-order valence-corrected chi connectivity index (χ4v) is 5.61. The topological polar surface area (TPSA) is 92.6 Å². The molecule has 156 valence electrons. The third kappa shape index (κ3) is 3.04. The number of fused-ring (bicyclic) bond motifs is 5. The SMILES string of the molecule is O=C1[C@H]2[C@H](C(=O)N1c1ccc(NCCC3=CCCCC3)c([N+](=O)[O-])c1)[C@H]1C=C[C@H]2C1. The van der Waals surface area contributed by atoms with Crippen LogP contribution in [0.3, 0.4) is 0 Å². The zero-order valence-electron chi connectivity index (χ0n) is 16.8. The van der Waals surface area contributed by atoms with Gasteiger partial charge in [-0.05, 0) is 62.5 Å². The fourth-order valence-electron chi connectivity index (χ4n) is 5.61. The molecule has 1 heterocycles. The van der Waals surface area contributed by atoms with Gasteiger partial charge in [-0.15, -0.1) is 0 Å². The van der Waals surface area contributed by atoms with Crippen molar-refractivity contribution in [3.8, 4) is 0 Å². The summed E-state index contributed by atoms with van der Waals surface area (Å²) in [7, 11) is 0. The van der Waals surface area contributed by atoms with Gasteiger partial charge in [0.1, 0.15) is 5.69 Å². The highest BCUT2D eigenvalue weighted by atomic mass is 16.6. The van der Waals surface area contributed by atoms with Crippen molar-refractivity contribution in [2.24, 2.45) is 23.7 Å². The van der Waals surface area contributed by atoms with E-state index in [4.69, 9.17) is 0 Å². The number of carbonyl (C=O) groups is 2. The number of nitrogens with zero attached hydrogens (tertiary/aromatic N) is 2. The maximum absolute atomic E-state index is 13.0. The second-order valence-corrected chi connectivity index (χ2v) is 8.76. The summed E-state index contributed by atoms with van der Waals surface area (Å²) in [5.74, 6) is -0.832. The van der Waals surface area contributed by atoms with E-state index >= 15 is 0 Å². The first-order valence-electron chi connectivity index (χ1n) is 10.8. The molecular formula is C23H25N3O4. The summed E-state index contributed by atoms with van der Waals surface area (Å²) in [6.45, 7) is 0.618. The number of carbonyl (C=O) groups excluding carboxylic acids is 2. The van der Waals surface area contributed by atoms with E-state index in [1.807, 2.05) is 12.2 Å². The van der Waals surface area contributed by atoms with Crippen LogP contribution in [-0.2, 0) is 9.59 Å². The van der Waals surface area contributed by atoms with E-state index in [0.717, 1.165) is 25.7 Å². The van der Waals surface area contributed by atoms with E-state index in [1.165, 1.54) is 29.4 Å². The first kappa shape index (κ1) is 19.0. The third-order valence-electron chi connectivity index (χ3n) is 7.05. The van der Waals surface area contributed by atoms with Crippen LogP contribution in [0.4, 0.5) is 17.1 Å². The van der Waals surface area contributed by atoms with Crippen molar-refractivity contribution in [2.45, 2.75) is 38.5 Å². The van der Waals surface area contributed by atoms with Gasteiger partial charge in [-0.2, -0.15) is 0 Å². The minimum atomic E-state index is -0.456. The summed E-state index contributed by atoms with van der Waals surface area (Å²) in [4.78, 5) is 38.4. The zero-order chi connectivity index (χ0) is 20.8. The Morgan fingerprint density at radius 2 is 1.83 bits per heavy atom. The summed E-state index contributed by atoms with van der Waals surface area (Å²) < 4.78 is 0. The number of nitro benzene ring substituents is 1. The highest BCUT2D eigenvalue weighted by molar-refractivity contribution is 6.23. The van der Waals surface area contributed by atoms with E-state index in [1.54, 1.807) is 12.1 Å². The Bertz CT molecular complexity index is 953. The highest BCUT2D eigenvalue weighted by Crippen LogP contribution is 2.53. The molecular weight excluding hydrogens is 382 g/mol. The number of anilines is 2. The van der Waals surface area contributed by atoms with Gasteiger partial charge in [0.2, 0.25) is 11.8 Å². The average Bonchev–Trinajstić information content (AvgIpc) is 3.43. The normalized spacial score (nSPS) is 29.3. The predicted molar refractivity (Wildman–Crippen MR) is 113 cm³/mol. The van der Waals surface area contributed by atoms with Crippen LogP contribution in [0.1, 0.15) is 38.5 Å². The Labute approximate surface area is 175 Å². The summed E-state index contributed by atoms with van der Waals surface area (Å²) in [6, 6.07) is 4.61. The van der Waals surface area contributed by atoms with E-state index in [2.05, 4.69) is 11.4 Å². The molecule has 3 aliphatic carbocycles. The Hall–Kier alpha value is -2.96. The number of allylic oxidation sites excluding steroid dienone is 3. The number of benzene rings is 1. The number of imide groups is 1. The molecule has 5 rings (SSSR count). The van der Waals surface area contributed by atoms with Crippen molar-refractivity contribution in [2.75, 3.05) is 16.8 Å². The van der Waals surface area contributed by atoms with Crippen molar-refractivity contribution in [1.82, 2.24) is 0 Å². The lowest BCUT2D eigenvalue weighted by Crippen LogP contribution is -2.32. The number of amides is 2. The van der Waals surface area contributed by atoms with Crippen molar-refractivity contribution in [3.63, 3.8) is 0 Å². The van der Waals surface area contributed by atoms with Gasteiger partial charge in [-0.25, -0.2) is 4.90 Å². The molecule has 30 heavy (non-hydrogen) atoms. The first-order valence-corrected chi connectivity index (χ1v) is 10.8. The van der Waals surface area contributed by atoms with E-state index in [-0.39, 0.29) is 41.2 Å². The molecule has 4 aliphatic rings. The smallest absolute Gasteiger partial charge is 0.294 e. The molecule has 2 fully saturated rings. The predicted octanol–water partition coefficient (Wildman–Crippen LogP) is 4.21. The van der Waals surface area contributed by atoms with Crippen molar-refractivity contribution in [3.05, 3.63) is 52.1 Å². The van der Waals surface area contributed by atoms with Gasteiger partial charge in [-0.1, -0.05) is 23.8 Å². The molecule has 1 aliphatic heterocycles. The summed E-state index contributed by atoms with van der Waals surface area (Å²) in [6.07, 6.45) is 12.7. The quantitative estimate of drug-likeness (QED) is 0.330. The number of hydrogen-bond acceptors (Lipinski definition) is 5. The van der Waals surface area contributed by atoms with Crippen molar-refractivity contribution >= 4 is 28.9 Å². The maximum atomic E-state index is 13.0. The molecule has 1 aromatic rings. The molecule has 7 heteroatoms. The second kappa shape index (κ2) is 7.38. The van der Waals surface area contributed by atoms with E-state index in [0.29, 0.717) is 17.9 Å². The Kier molecular flexibility index (Phi) is 4.68. The largest absolute Gasteiger partial charge is 0.379 e. The van der Waals surface area contributed by atoms with Gasteiger partial charge < -0.3 is 5.32 Å². The molecule has 7 nitrogen and oxygen atoms in total. The Balaban J connectivity index is 1.35. The van der Waals surface area contributed by atoms with Crippen LogP contribution >= 0.6 is 0 Å². The lowest BCUT2D eigenvalue weighted by molar-refractivity contribution is -0.383. The molecule has 1 saturated carbocycles. The molecule has 1 N–H and O–H groups in total. The number of nitrogens with one attached hydrogen (secondary N) is 1. The van der Waals surface area contributed by atoms with Gasteiger partial charge in [0.05, 0.1) is 22.4 Å². The van der Waals surface area contributed by atoms with Gasteiger partial charge in [-0.3, -0.25) is 19.7 Å². The fraction of sp³-hybridized carbons (Fsp3) is 0.478. The van der Waals surface area contributed by atoms with Crippen molar-refractivity contribution in [1.29, 1.82) is 0 Å². The summed E-state index contributed by atoms with van der Waals surface area (Å²) in [5, 5.41) is 14.8. The molecule has 2 bridgehead atoms. The molecule has 0 unspecified atom stereocenters. The van der Waals surface area contributed by atoms with Gasteiger partial charge in [0.25, 0.3) is 5.69 Å². The van der Waals surface area contributed by atoms with Crippen LogP contribution in [0.25, 0.3) is 0 Å². The van der Waals surface area contributed by atoms with Crippen LogP contribution in [-0.4, -0.2) is 23.3 Å². The number of hydrogen-bond donors (Lipinski definition) is 1. The molecule has 4 atom stereocenters. The van der Waals surface area contributed by atoms with E-state index < -0.39 is 4.92 Å². The summed E-state index contributed by atoms with van der Waals surface area (Å²) in [5.41, 5.74) is 2.01. The van der Waals surface area contributed by atoms with E-state index in [9.17, 15) is 19.7 Å². The second-order valence-electron chi connectivity index (χ2n) is 8.76. The lowest BCUT2D eigenvalue weighted by Gasteiger charge is -2.18. The van der Waals surface area contributed by atoms with Crippen LogP contribution in [0, 0.1) is 33.8 Å².